The third-order valence-corrected chi connectivity index (χ3v) is 4.87. The van der Waals surface area contributed by atoms with Crippen LogP contribution in [-0.2, 0) is 0 Å². The molecule has 0 bridgehead atoms. The van der Waals surface area contributed by atoms with Crippen LogP contribution in [0.5, 0.6) is 0 Å². The fourth-order valence-corrected chi connectivity index (χ4v) is 3.75. The van der Waals surface area contributed by atoms with E-state index in [1.807, 2.05) is 24.3 Å². The van der Waals surface area contributed by atoms with E-state index in [2.05, 4.69) is 42.5 Å². The predicted octanol–water partition coefficient (Wildman–Crippen LogP) is 0.956. The van der Waals surface area contributed by atoms with Crippen molar-refractivity contribution in [2.75, 3.05) is 0 Å². The van der Waals surface area contributed by atoms with Crippen LogP contribution in [0.3, 0.4) is 0 Å². The number of halogens is 1. The van der Waals surface area contributed by atoms with Crippen LogP contribution < -0.4 is 24.0 Å². The Bertz CT molecular complexity index is 551. The number of hydrogen-bond donors (Lipinski definition) is 0. The van der Waals surface area contributed by atoms with E-state index in [0.29, 0.717) is 0 Å². The number of benzene rings is 2. The Hall–Kier alpha value is -0.630. The summed E-state index contributed by atoms with van der Waals surface area (Å²) in [6, 6.07) is 23.0. The molecule has 2 aromatic carbocycles. The SMILES string of the molecule is [I-].c1ccc(-c2cc(-c3ccccc3)[te][o+]2)cc1. The zero-order valence-corrected chi connectivity index (χ0v) is 14.0. The molecule has 0 spiro atoms. The first-order valence-electron chi connectivity index (χ1n) is 5.47. The predicted molar refractivity (Wildman–Crippen MR) is 70.9 cm³/mol. The average molecular weight is 462 g/mol. The van der Waals surface area contributed by atoms with Crippen LogP contribution in [0.1, 0.15) is 0 Å². The van der Waals surface area contributed by atoms with Gasteiger partial charge < -0.3 is 24.0 Å². The fraction of sp³-hybridized carbons (Fsp3) is 0. The third-order valence-electron chi connectivity index (χ3n) is 2.60. The summed E-state index contributed by atoms with van der Waals surface area (Å²) in [6.07, 6.45) is 0. The van der Waals surface area contributed by atoms with Crippen LogP contribution in [0.2, 0.25) is 0 Å². The van der Waals surface area contributed by atoms with Crippen LogP contribution in [0.25, 0.3) is 20.5 Å². The molecule has 18 heavy (non-hydrogen) atoms. The van der Waals surface area contributed by atoms with E-state index in [0.717, 1.165) is 5.76 Å². The van der Waals surface area contributed by atoms with Gasteiger partial charge >= 0.3 is 111 Å². The van der Waals surface area contributed by atoms with Gasteiger partial charge in [0.15, 0.2) is 0 Å². The van der Waals surface area contributed by atoms with Gasteiger partial charge in [-0.1, -0.05) is 0 Å². The van der Waals surface area contributed by atoms with E-state index < -0.39 is 20.9 Å². The molecular formula is C15H11IOTe. The van der Waals surface area contributed by atoms with Crippen LogP contribution in [0, 0.1) is 0 Å². The summed E-state index contributed by atoms with van der Waals surface area (Å²) in [5.41, 5.74) is 2.46. The van der Waals surface area contributed by atoms with E-state index >= 15 is 0 Å². The van der Waals surface area contributed by atoms with E-state index in [4.69, 9.17) is 2.76 Å². The van der Waals surface area contributed by atoms with Crippen molar-refractivity contribution in [1.29, 1.82) is 0 Å². The molecular weight excluding hydrogens is 451 g/mol. The van der Waals surface area contributed by atoms with Crippen molar-refractivity contribution in [2.24, 2.45) is 0 Å². The Balaban J connectivity index is 0.00000120. The topological polar surface area (TPSA) is 11.3 Å². The molecule has 1 heterocycles. The molecule has 0 aliphatic rings. The van der Waals surface area contributed by atoms with Crippen LogP contribution >= 0.6 is 0 Å². The van der Waals surface area contributed by atoms with Crippen LogP contribution in [0.4, 0.5) is 0 Å². The van der Waals surface area contributed by atoms with E-state index in [-0.39, 0.29) is 24.0 Å². The van der Waals surface area contributed by atoms with Crippen LogP contribution in [-0.4, -0.2) is 20.9 Å². The maximum absolute atomic E-state index is 5.86. The Morgan fingerprint density at radius 2 is 1.28 bits per heavy atom. The van der Waals surface area contributed by atoms with Crippen molar-refractivity contribution >= 4 is 20.9 Å². The molecule has 3 rings (SSSR count). The van der Waals surface area contributed by atoms with E-state index in [1.54, 1.807) is 0 Å². The van der Waals surface area contributed by atoms with Gasteiger partial charge in [-0.2, -0.15) is 0 Å². The van der Waals surface area contributed by atoms with Crippen molar-refractivity contribution < 1.29 is 26.7 Å². The molecule has 3 heteroatoms. The van der Waals surface area contributed by atoms with Crippen molar-refractivity contribution in [3.8, 4) is 20.5 Å². The summed E-state index contributed by atoms with van der Waals surface area (Å²) < 4.78 is 7.23. The van der Waals surface area contributed by atoms with Gasteiger partial charge in [-0.25, -0.2) is 0 Å². The van der Waals surface area contributed by atoms with Crippen molar-refractivity contribution in [1.82, 2.24) is 0 Å². The molecule has 3 aromatic rings. The first-order chi connectivity index (χ1) is 8.43. The standard InChI is InChI=1S/C15H11OTe.HI/c1-3-7-12(8-4-1)14-11-15(17-16-14)13-9-5-2-6-10-13;/h1-11H;1H/q+1;/p-1. The first kappa shape index (κ1) is 13.8. The third kappa shape index (κ3) is 3.03. The molecule has 0 radical (unpaired) electrons. The molecule has 0 unspecified atom stereocenters. The second-order valence-electron chi connectivity index (χ2n) is 3.77. The Kier molecular flexibility index (Phi) is 4.99. The van der Waals surface area contributed by atoms with E-state index in [1.165, 1.54) is 14.7 Å². The maximum atomic E-state index is 5.86. The van der Waals surface area contributed by atoms with Gasteiger partial charge in [-0.05, 0) is 0 Å². The fourth-order valence-electron chi connectivity index (χ4n) is 1.72. The molecule has 1 nitrogen and oxygen atoms in total. The van der Waals surface area contributed by atoms with Gasteiger partial charge in [0, 0.05) is 0 Å². The molecule has 0 saturated heterocycles. The zero-order valence-electron chi connectivity index (χ0n) is 9.55. The molecule has 0 fully saturated rings. The van der Waals surface area contributed by atoms with Crippen molar-refractivity contribution in [2.45, 2.75) is 0 Å². The van der Waals surface area contributed by atoms with Crippen molar-refractivity contribution in [3.63, 3.8) is 0 Å². The van der Waals surface area contributed by atoms with Gasteiger partial charge in [-0.15, -0.1) is 0 Å². The normalized spacial score (nSPS) is 9.78. The first-order valence-corrected chi connectivity index (χ1v) is 7.59. The summed E-state index contributed by atoms with van der Waals surface area (Å²) in [7, 11) is 0. The summed E-state index contributed by atoms with van der Waals surface area (Å²) in [5, 5.41) is 0. The summed E-state index contributed by atoms with van der Waals surface area (Å²) in [6.45, 7) is 0. The van der Waals surface area contributed by atoms with Gasteiger partial charge in [0.1, 0.15) is 0 Å². The van der Waals surface area contributed by atoms with Crippen LogP contribution in [0.15, 0.2) is 69.5 Å². The average Bonchev–Trinajstić information content (AvgIpc) is 2.90. The number of hydrogen-bond acceptors (Lipinski definition) is 0. The summed E-state index contributed by atoms with van der Waals surface area (Å²) >= 11 is -0.527. The minimum absolute atomic E-state index is 0. The van der Waals surface area contributed by atoms with Gasteiger partial charge in [0.05, 0.1) is 0 Å². The monoisotopic (exact) mass is 464 g/mol. The second-order valence-corrected chi connectivity index (χ2v) is 5.98. The molecule has 0 atom stereocenters. The Labute approximate surface area is 134 Å². The Morgan fingerprint density at radius 1 is 0.722 bits per heavy atom. The second kappa shape index (κ2) is 6.51. The van der Waals surface area contributed by atoms with E-state index in [9.17, 15) is 0 Å². The van der Waals surface area contributed by atoms with Gasteiger partial charge in [0.2, 0.25) is 0 Å². The molecule has 0 saturated carbocycles. The Morgan fingerprint density at radius 3 is 1.89 bits per heavy atom. The summed E-state index contributed by atoms with van der Waals surface area (Å²) in [4.78, 5) is 0. The molecule has 1 aromatic heterocycles. The van der Waals surface area contributed by atoms with Gasteiger partial charge in [0.25, 0.3) is 0 Å². The molecule has 0 aliphatic heterocycles. The minimum atomic E-state index is -0.527. The summed E-state index contributed by atoms with van der Waals surface area (Å²) in [5.74, 6) is 1.02. The zero-order chi connectivity index (χ0) is 11.5. The quantitative estimate of drug-likeness (QED) is 0.314. The van der Waals surface area contributed by atoms with Crippen molar-refractivity contribution in [3.05, 3.63) is 66.7 Å². The molecule has 0 N–H and O–H groups in total. The molecule has 90 valence electrons. The number of rotatable bonds is 2. The van der Waals surface area contributed by atoms with Gasteiger partial charge in [-0.3, -0.25) is 0 Å². The molecule has 0 amide bonds. The molecule has 0 aliphatic carbocycles.